The van der Waals surface area contributed by atoms with Crippen molar-refractivity contribution < 1.29 is 9.53 Å². The van der Waals surface area contributed by atoms with Gasteiger partial charge < -0.3 is 10.1 Å². The molecule has 1 aliphatic heterocycles. The van der Waals surface area contributed by atoms with Gasteiger partial charge in [0, 0.05) is 11.6 Å². The van der Waals surface area contributed by atoms with Gasteiger partial charge in [0.1, 0.15) is 10.8 Å². The minimum absolute atomic E-state index is 0.0431. The van der Waals surface area contributed by atoms with E-state index in [2.05, 4.69) is 26.5 Å². The number of benzene rings is 2. The van der Waals surface area contributed by atoms with Crippen LogP contribution in [-0.4, -0.2) is 47.7 Å². The molecule has 0 saturated carbocycles. The molecule has 1 N–H and O–H groups in total. The number of carbonyl (C=O) groups excluding carboxylic acids is 1. The molecular weight excluding hydrogens is 408 g/mol. The summed E-state index contributed by atoms with van der Waals surface area (Å²) in [6, 6.07) is 14.0. The molecular formula is C24H28N4O2S. The molecule has 31 heavy (non-hydrogen) atoms. The lowest BCUT2D eigenvalue weighted by molar-refractivity contribution is -0.117. The Balaban J connectivity index is 1.32. The molecule has 1 amide bonds. The Bertz CT molecular complexity index is 1060. The molecule has 0 unspecified atom stereocenters. The van der Waals surface area contributed by atoms with E-state index in [0.717, 1.165) is 64.1 Å². The molecule has 1 saturated heterocycles. The van der Waals surface area contributed by atoms with Gasteiger partial charge in [0.25, 0.3) is 0 Å². The van der Waals surface area contributed by atoms with Crippen molar-refractivity contribution in [2.75, 3.05) is 32.1 Å². The second kappa shape index (κ2) is 9.58. The Labute approximate surface area is 187 Å². The Morgan fingerprint density at radius 3 is 2.71 bits per heavy atom. The maximum absolute atomic E-state index is 12.5. The highest BCUT2D eigenvalue weighted by Gasteiger charge is 2.25. The average Bonchev–Trinajstić information content (AvgIpc) is 3.27. The van der Waals surface area contributed by atoms with E-state index < -0.39 is 0 Å². The van der Waals surface area contributed by atoms with Crippen LogP contribution in [-0.2, 0) is 4.79 Å². The van der Waals surface area contributed by atoms with Crippen molar-refractivity contribution in [1.29, 1.82) is 0 Å². The Morgan fingerprint density at radius 2 is 1.94 bits per heavy atom. The summed E-state index contributed by atoms with van der Waals surface area (Å²) in [7, 11) is 1.67. The van der Waals surface area contributed by atoms with Gasteiger partial charge >= 0.3 is 0 Å². The standard InChI is InChI=1S/C24H28N4O2S/c1-16-8-9-17(2)20(14-16)25-22(29)15-28-12-10-18(11-13-28)23-26-27-24(31-23)19-6-4-5-7-21(19)30-3/h4-9,14,18H,10-13,15H2,1-3H3,(H,25,29). The second-order valence-corrected chi connectivity index (χ2v) is 9.07. The van der Waals surface area contributed by atoms with Crippen LogP contribution < -0.4 is 10.1 Å². The topological polar surface area (TPSA) is 67.4 Å². The van der Waals surface area contributed by atoms with Crippen molar-refractivity contribution in [3.05, 3.63) is 58.6 Å². The number of hydrogen-bond donors (Lipinski definition) is 1. The van der Waals surface area contributed by atoms with Crippen LogP contribution in [0.25, 0.3) is 10.6 Å². The predicted octanol–water partition coefficient (Wildman–Crippen LogP) is 4.65. The molecule has 162 valence electrons. The summed E-state index contributed by atoms with van der Waals surface area (Å²) in [5.74, 6) is 1.25. The summed E-state index contributed by atoms with van der Waals surface area (Å²) in [4.78, 5) is 14.8. The Hall–Kier alpha value is -2.77. The van der Waals surface area contributed by atoms with Crippen molar-refractivity contribution in [2.45, 2.75) is 32.6 Å². The van der Waals surface area contributed by atoms with E-state index in [-0.39, 0.29) is 5.91 Å². The summed E-state index contributed by atoms with van der Waals surface area (Å²) >= 11 is 1.64. The van der Waals surface area contributed by atoms with Crippen LogP contribution in [0.4, 0.5) is 5.69 Å². The number of para-hydroxylation sites is 1. The third-order valence-corrected chi connectivity index (χ3v) is 6.87. The molecule has 4 rings (SSSR count). The van der Waals surface area contributed by atoms with Gasteiger partial charge in [0.05, 0.1) is 19.2 Å². The van der Waals surface area contributed by atoms with E-state index in [1.807, 2.05) is 50.2 Å². The molecule has 0 radical (unpaired) electrons. The van der Waals surface area contributed by atoms with Crippen molar-refractivity contribution in [2.24, 2.45) is 0 Å². The third kappa shape index (κ3) is 5.11. The predicted molar refractivity (Wildman–Crippen MR) is 125 cm³/mol. The lowest BCUT2D eigenvalue weighted by Crippen LogP contribution is -2.38. The van der Waals surface area contributed by atoms with Gasteiger partial charge in [-0.25, -0.2) is 0 Å². The highest BCUT2D eigenvalue weighted by Crippen LogP contribution is 2.36. The first-order valence-corrected chi connectivity index (χ1v) is 11.4. The minimum atomic E-state index is 0.0431. The number of piperidine rings is 1. The number of methoxy groups -OCH3 is 1. The molecule has 1 aromatic heterocycles. The highest BCUT2D eigenvalue weighted by molar-refractivity contribution is 7.14. The fourth-order valence-corrected chi connectivity index (χ4v) is 4.97. The number of anilines is 1. The maximum atomic E-state index is 12.5. The zero-order chi connectivity index (χ0) is 21.8. The number of aromatic nitrogens is 2. The summed E-state index contributed by atoms with van der Waals surface area (Å²) in [5.41, 5.74) is 4.11. The molecule has 0 atom stereocenters. The minimum Gasteiger partial charge on any atom is -0.496 e. The van der Waals surface area contributed by atoms with Crippen LogP contribution in [0.5, 0.6) is 5.75 Å². The summed E-state index contributed by atoms with van der Waals surface area (Å²) in [6.45, 7) is 6.24. The van der Waals surface area contributed by atoms with Crippen molar-refractivity contribution in [1.82, 2.24) is 15.1 Å². The smallest absolute Gasteiger partial charge is 0.238 e. The fraction of sp³-hybridized carbons (Fsp3) is 0.375. The van der Waals surface area contributed by atoms with Gasteiger partial charge in [-0.1, -0.05) is 35.6 Å². The lowest BCUT2D eigenvalue weighted by Gasteiger charge is -2.30. The second-order valence-electron chi connectivity index (χ2n) is 8.06. The number of amides is 1. The number of rotatable bonds is 6. The number of hydrogen-bond acceptors (Lipinski definition) is 6. The molecule has 1 fully saturated rings. The van der Waals surface area contributed by atoms with Gasteiger partial charge in [-0.05, 0) is 69.1 Å². The molecule has 0 spiro atoms. The average molecular weight is 437 g/mol. The normalized spacial score (nSPS) is 15.1. The largest absolute Gasteiger partial charge is 0.496 e. The number of nitrogens with one attached hydrogen (secondary N) is 1. The van der Waals surface area contributed by atoms with Gasteiger partial charge in [-0.15, -0.1) is 10.2 Å². The van der Waals surface area contributed by atoms with Crippen LogP contribution in [0.3, 0.4) is 0 Å². The van der Waals surface area contributed by atoms with E-state index >= 15 is 0 Å². The first-order chi connectivity index (χ1) is 15.0. The monoisotopic (exact) mass is 436 g/mol. The fourth-order valence-electron chi connectivity index (χ4n) is 3.93. The van der Waals surface area contributed by atoms with Crippen LogP contribution in [0.2, 0.25) is 0 Å². The van der Waals surface area contributed by atoms with Gasteiger partial charge in [0.15, 0.2) is 5.01 Å². The van der Waals surface area contributed by atoms with Gasteiger partial charge in [-0.3, -0.25) is 9.69 Å². The number of carbonyl (C=O) groups is 1. The molecule has 7 heteroatoms. The Kier molecular flexibility index (Phi) is 6.63. The first kappa shape index (κ1) is 21.5. The molecule has 3 aromatic rings. The number of likely N-dealkylation sites (tertiary alicyclic amines) is 1. The summed E-state index contributed by atoms with van der Waals surface area (Å²) < 4.78 is 5.46. The molecule has 0 aliphatic carbocycles. The lowest BCUT2D eigenvalue weighted by atomic mass is 9.98. The summed E-state index contributed by atoms with van der Waals surface area (Å²) in [5, 5.41) is 13.9. The quantitative estimate of drug-likeness (QED) is 0.609. The van der Waals surface area contributed by atoms with Crippen LogP contribution in [0.1, 0.15) is 34.9 Å². The van der Waals surface area contributed by atoms with Gasteiger partial charge in [0.2, 0.25) is 5.91 Å². The molecule has 1 aliphatic rings. The SMILES string of the molecule is COc1ccccc1-c1nnc(C2CCN(CC(=O)Nc3cc(C)ccc3C)CC2)s1. The zero-order valence-corrected chi connectivity index (χ0v) is 19.0. The van der Waals surface area contributed by atoms with E-state index in [0.29, 0.717) is 12.5 Å². The number of aryl methyl sites for hydroxylation is 2. The van der Waals surface area contributed by atoms with E-state index in [9.17, 15) is 4.79 Å². The van der Waals surface area contributed by atoms with Gasteiger partial charge in [-0.2, -0.15) is 0 Å². The van der Waals surface area contributed by atoms with Crippen LogP contribution in [0.15, 0.2) is 42.5 Å². The summed E-state index contributed by atoms with van der Waals surface area (Å²) in [6.07, 6.45) is 1.97. The first-order valence-electron chi connectivity index (χ1n) is 10.6. The third-order valence-electron chi connectivity index (χ3n) is 5.75. The van der Waals surface area contributed by atoms with E-state index in [1.54, 1.807) is 18.4 Å². The van der Waals surface area contributed by atoms with E-state index in [1.165, 1.54) is 0 Å². The van der Waals surface area contributed by atoms with Crippen LogP contribution >= 0.6 is 11.3 Å². The maximum Gasteiger partial charge on any atom is 0.238 e. The zero-order valence-electron chi connectivity index (χ0n) is 18.2. The molecule has 0 bridgehead atoms. The van der Waals surface area contributed by atoms with E-state index in [4.69, 9.17) is 4.74 Å². The Morgan fingerprint density at radius 1 is 1.16 bits per heavy atom. The molecule has 2 heterocycles. The molecule has 6 nitrogen and oxygen atoms in total. The van der Waals surface area contributed by atoms with Crippen LogP contribution in [0, 0.1) is 13.8 Å². The van der Waals surface area contributed by atoms with Crippen molar-refractivity contribution >= 4 is 22.9 Å². The highest BCUT2D eigenvalue weighted by atomic mass is 32.1. The number of nitrogens with zero attached hydrogens (tertiary/aromatic N) is 3. The number of ether oxygens (including phenoxy) is 1. The van der Waals surface area contributed by atoms with Crippen molar-refractivity contribution in [3.63, 3.8) is 0 Å². The van der Waals surface area contributed by atoms with Crippen molar-refractivity contribution in [3.8, 4) is 16.3 Å². The molecule has 2 aromatic carbocycles.